The summed E-state index contributed by atoms with van der Waals surface area (Å²) in [4.78, 5) is 20.6. The van der Waals surface area contributed by atoms with E-state index in [1.54, 1.807) is 19.4 Å². The molecule has 6 heteroatoms. The van der Waals surface area contributed by atoms with E-state index in [4.69, 9.17) is 4.74 Å². The van der Waals surface area contributed by atoms with Gasteiger partial charge in [0.1, 0.15) is 5.69 Å². The number of carbonyl (C=O) groups is 1. The molecule has 1 amide bonds. The monoisotopic (exact) mass is 306 g/mol. The Morgan fingerprint density at radius 2 is 2.09 bits per heavy atom. The van der Waals surface area contributed by atoms with Crippen LogP contribution < -0.4 is 10.6 Å². The average molecular weight is 306 g/mol. The van der Waals surface area contributed by atoms with Gasteiger partial charge in [-0.2, -0.15) is 0 Å². The Labute approximate surface area is 132 Å². The molecule has 2 N–H and O–H groups in total. The molecule has 0 atom stereocenters. The van der Waals surface area contributed by atoms with E-state index >= 15 is 0 Å². The number of nitrogens with zero attached hydrogens (tertiary/aromatic N) is 2. The zero-order valence-electron chi connectivity index (χ0n) is 13.3. The number of rotatable bonds is 7. The SMILES string of the molecule is COCCCNC(=O)c1ccnc(NC2CCCCCC2)n1. The minimum Gasteiger partial charge on any atom is -0.385 e. The van der Waals surface area contributed by atoms with Gasteiger partial charge in [0.2, 0.25) is 5.95 Å². The molecule has 1 aliphatic rings. The van der Waals surface area contributed by atoms with Crippen LogP contribution in [0.5, 0.6) is 0 Å². The standard InChI is InChI=1S/C16H26N4O2/c1-22-12-6-10-17-15(21)14-9-11-18-16(20-14)19-13-7-4-2-3-5-8-13/h9,11,13H,2-8,10,12H2,1H3,(H,17,21)(H,18,19,20). The first-order valence-corrected chi connectivity index (χ1v) is 8.16. The molecule has 1 saturated carbocycles. The summed E-state index contributed by atoms with van der Waals surface area (Å²) in [7, 11) is 1.65. The van der Waals surface area contributed by atoms with Crippen LogP contribution in [0.1, 0.15) is 55.4 Å². The van der Waals surface area contributed by atoms with Crippen molar-refractivity contribution < 1.29 is 9.53 Å². The van der Waals surface area contributed by atoms with Crippen LogP contribution in [0.2, 0.25) is 0 Å². The smallest absolute Gasteiger partial charge is 0.270 e. The fourth-order valence-electron chi connectivity index (χ4n) is 2.67. The number of carbonyl (C=O) groups excluding carboxylic acids is 1. The largest absolute Gasteiger partial charge is 0.385 e. The fourth-order valence-corrected chi connectivity index (χ4v) is 2.67. The lowest BCUT2D eigenvalue weighted by Gasteiger charge is -2.16. The van der Waals surface area contributed by atoms with Gasteiger partial charge >= 0.3 is 0 Å². The first-order valence-electron chi connectivity index (χ1n) is 8.16. The van der Waals surface area contributed by atoms with Gasteiger partial charge < -0.3 is 15.4 Å². The minimum absolute atomic E-state index is 0.164. The Kier molecular flexibility index (Phi) is 7.09. The molecule has 22 heavy (non-hydrogen) atoms. The molecule has 0 spiro atoms. The Hall–Kier alpha value is -1.69. The molecule has 0 bridgehead atoms. The molecule has 1 aliphatic carbocycles. The van der Waals surface area contributed by atoms with E-state index in [0.29, 0.717) is 30.8 Å². The van der Waals surface area contributed by atoms with Crippen molar-refractivity contribution in [3.05, 3.63) is 18.0 Å². The Bertz CT molecular complexity index is 459. The third-order valence-corrected chi connectivity index (χ3v) is 3.89. The lowest BCUT2D eigenvalue weighted by atomic mass is 10.1. The number of ether oxygens (including phenoxy) is 1. The van der Waals surface area contributed by atoms with Crippen molar-refractivity contribution in [2.45, 2.75) is 51.0 Å². The maximum Gasteiger partial charge on any atom is 0.270 e. The Morgan fingerprint density at radius 3 is 2.82 bits per heavy atom. The van der Waals surface area contributed by atoms with Gasteiger partial charge in [-0.15, -0.1) is 0 Å². The summed E-state index contributed by atoms with van der Waals surface area (Å²) < 4.78 is 4.96. The van der Waals surface area contributed by atoms with Crippen LogP contribution in [-0.4, -0.2) is 42.2 Å². The number of nitrogens with one attached hydrogen (secondary N) is 2. The highest BCUT2D eigenvalue weighted by atomic mass is 16.5. The van der Waals surface area contributed by atoms with Crippen molar-refractivity contribution in [3.63, 3.8) is 0 Å². The van der Waals surface area contributed by atoms with Crippen LogP contribution in [0.15, 0.2) is 12.3 Å². The van der Waals surface area contributed by atoms with Crippen LogP contribution in [0.25, 0.3) is 0 Å². The van der Waals surface area contributed by atoms with E-state index in [0.717, 1.165) is 19.3 Å². The third-order valence-electron chi connectivity index (χ3n) is 3.89. The highest BCUT2D eigenvalue weighted by Gasteiger charge is 2.14. The van der Waals surface area contributed by atoms with E-state index in [-0.39, 0.29) is 5.91 Å². The lowest BCUT2D eigenvalue weighted by molar-refractivity contribution is 0.0943. The van der Waals surface area contributed by atoms with Crippen LogP contribution in [0.3, 0.4) is 0 Å². The molecule has 122 valence electrons. The van der Waals surface area contributed by atoms with Crippen molar-refractivity contribution >= 4 is 11.9 Å². The Balaban J connectivity index is 1.87. The van der Waals surface area contributed by atoms with Crippen molar-refractivity contribution in [1.29, 1.82) is 0 Å². The molecular formula is C16H26N4O2. The number of amides is 1. The first-order chi connectivity index (χ1) is 10.8. The third kappa shape index (κ3) is 5.60. The maximum absolute atomic E-state index is 12.0. The predicted octanol–water partition coefficient (Wildman–Crippen LogP) is 2.38. The summed E-state index contributed by atoms with van der Waals surface area (Å²) in [5.74, 6) is 0.388. The van der Waals surface area contributed by atoms with Gasteiger partial charge in [-0.25, -0.2) is 9.97 Å². The predicted molar refractivity (Wildman–Crippen MR) is 86.0 cm³/mol. The fraction of sp³-hybridized carbons (Fsp3) is 0.688. The van der Waals surface area contributed by atoms with Gasteiger partial charge in [0.15, 0.2) is 0 Å². The zero-order chi connectivity index (χ0) is 15.6. The van der Waals surface area contributed by atoms with E-state index < -0.39 is 0 Å². The molecule has 1 aromatic rings. The van der Waals surface area contributed by atoms with Crippen LogP contribution in [-0.2, 0) is 4.74 Å². The summed E-state index contributed by atoms with van der Waals surface area (Å²) in [6, 6.07) is 2.06. The van der Waals surface area contributed by atoms with Crippen LogP contribution in [0.4, 0.5) is 5.95 Å². The maximum atomic E-state index is 12.0. The van der Waals surface area contributed by atoms with Gasteiger partial charge in [-0.1, -0.05) is 25.7 Å². The molecule has 0 aromatic carbocycles. The van der Waals surface area contributed by atoms with E-state index in [1.807, 2.05) is 0 Å². The number of anilines is 1. The van der Waals surface area contributed by atoms with Crippen molar-refractivity contribution in [2.75, 3.05) is 25.6 Å². The minimum atomic E-state index is -0.164. The van der Waals surface area contributed by atoms with Crippen molar-refractivity contribution in [3.8, 4) is 0 Å². The van der Waals surface area contributed by atoms with Gasteiger partial charge in [0.25, 0.3) is 5.91 Å². The zero-order valence-corrected chi connectivity index (χ0v) is 13.3. The van der Waals surface area contributed by atoms with Crippen molar-refractivity contribution in [2.24, 2.45) is 0 Å². The number of hydrogen-bond acceptors (Lipinski definition) is 5. The van der Waals surface area contributed by atoms with Gasteiger partial charge in [-0.3, -0.25) is 4.79 Å². The normalized spacial score (nSPS) is 16.0. The molecule has 1 aromatic heterocycles. The molecule has 1 fully saturated rings. The first kappa shape index (κ1) is 16.7. The molecule has 0 saturated heterocycles. The average Bonchev–Trinajstić information content (AvgIpc) is 2.80. The highest BCUT2D eigenvalue weighted by molar-refractivity contribution is 5.92. The highest BCUT2D eigenvalue weighted by Crippen LogP contribution is 2.19. The second kappa shape index (κ2) is 9.35. The number of hydrogen-bond donors (Lipinski definition) is 2. The number of aromatic nitrogens is 2. The summed E-state index contributed by atoms with van der Waals surface area (Å²) in [5.41, 5.74) is 0.406. The molecule has 0 radical (unpaired) electrons. The van der Waals surface area contributed by atoms with Crippen LogP contribution >= 0.6 is 0 Å². The molecular weight excluding hydrogens is 280 g/mol. The molecule has 1 heterocycles. The summed E-state index contributed by atoms with van der Waals surface area (Å²) in [6.45, 7) is 1.22. The summed E-state index contributed by atoms with van der Waals surface area (Å²) in [6.07, 6.45) is 9.84. The van der Waals surface area contributed by atoms with Gasteiger partial charge in [0, 0.05) is 32.5 Å². The van der Waals surface area contributed by atoms with E-state index in [2.05, 4.69) is 20.6 Å². The molecule has 6 nitrogen and oxygen atoms in total. The van der Waals surface area contributed by atoms with Crippen molar-refractivity contribution in [1.82, 2.24) is 15.3 Å². The Morgan fingerprint density at radius 1 is 1.32 bits per heavy atom. The number of methoxy groups -OCH3 is 1. The summed E-state index contributed by atoms with van der Waals surface area (Å²) >= 11 is 0. The molecule has 0 aliphatic heterocycles. The molecule has 2 rings (SSSR count). The topological polar surface area (TPSA) is 76.1 Å². The van der Waals surface area contributed by atoms with Crippen LogP contribution in [0, 0.1) is 0 Å². The molecule has 0 unspecified atom stereocenters. The summed E-state index contributed by atoms with van der Waals surface area (Å²) in [5, 5.41) is 6.21. The van der Waals surface area contributed by atoms with Gasteiger partial charge in [-0.05, 0) is 25.3 Å². The quantitative estimate of drug-likeness (QED) is 0.597. The van der Waals surface area contributed by atoms with E-state index in [1.165, 1.54) is 25.7 Å². The second-order valence-electron chi connectivity index (χ2n) is 5.70. The van der Waals surface area contributed by atoms with E-state index in [9.17, 15) is 4.79 Å². The van der Waals surface area contributed by atoms with Gasteiger partial charge in [0.05, 0.1) is 0 Å². The second-order valence-corrected chi connectivity index (χ2v) is 5.70. The lowest BCUT2D eigenvalue weighted by Crippen LogP contribution is -2.27.